The van der Waals surface area contributed by atoms with Crippen LogP contribution in [-0.4, -0.2) is 11.9 Å². The lowest BCUT2D eigenvalue weighted by atomic mass is 10.0. The van der Waals surface area contributed by atoms with Gasteiger partial charge in [-0.3, -0.25) is 4.79 Å². The average Bonchev–Trinajstić information content (AvgIpc) is 2.78. The highest BCUT2D eigenvalue weighted by Crippen LogP contribution is 2.25. The van der Waals surface area contributed by atoms with Gasteiger partial charge in [-0.2, -0.15) is 0 Å². The van der Waals surface area contributed by atoms with Crippen molar-refractivity contribution in [1.82, 2.24) is 5.32 Å². The van der Waals surface area contributed by atoms with Gasteiger partial charge in [-0.1, -0.05) is 19.9 Å². The minimum Gasteiger partial charge on any atom is -0.348 e. The molecule has 102 valence electrons. The summed E-state index contributed by atoms with van der Waals surface area (Å²) < 4.78 is 0. The van der Waals surface area contributed by atoms with Crippen molar-refractivity contribution in [2.45, 2.75) is 52.1 Å². The van der Waals surface area contributed by atoms with Crippen LogP contribution in [0, 0.1) is 5.92 Å². The van der Waals surface area contributed by atoms with Crippen molar-refractivity contribution in [2.75, 3.05) is 0 Å². The highest BCUT2D eigenvalue weighted by Gasteiger charge is 2.18. The largest absolute Gasteiger partial charge is 0.348 e. The Kier molecular flexibility index (Phi) is 6.36. The van der Waals surface area contributed by atoms with E-state index in [0.717, 1.165) is 12.8 Å². The Morgan fingerprint density at radius 1 is 1.44 bits per heavy atom. The van der Waals surface area contributed by atoms with E-state index in [9.17, 15) is 4.79 Å². The Morgan fingerprint density at radius 3 is 2.67 bits per heavy atom. The second-order valence-corrected chi connectivity index (χ2v) is 6.15. The molecule has 3 nitrogen and oxygen atoms in total. The molecule has 1 aromatic rings. The van der Waals surface area contributed by atoms with Gasteiger partial charge in [0.25, 0.3) is 0 Å². The molecule has 1 aromatic heterocycles. The summed E-state index contributed by atoms with van der Waals surface area (Å²) in [5.41, 5.74) is 5.68. The maximum atomic E-state index is 11.9. The van der Waals surface area contributed by atoms with Gasteiger partial charge in [-0.05, 0) is 37.1 Å². The van der Waals surface area contributed by atoms with Gasteiger partial charge in [-0.15, -0.1) is 11.3 Å². The molecule has 0 spiro atoms. The van der Waals surface area contributed by atoms with Gasteiger partial charge in [0.05, 0.1) is 6.04 Å². The molecule has 0 aliphatic rings. The number of nitrogens with one attached hydrogen (secondary N) is 1. The number of hydrogen-bond donors (Lipinski definition) is 2. The molecule has 0 aliphatic heterocycles. The van der Waals surface area contributed by atoms with Crippen LogP contribution in [0.2, 0.25) is 0 Å². The van der Waals surface area contributed by atoms with Gasteiger partial charge in [0, 0.05) is 17.3 Å². The van der Waals surface area contributed by atoms with Crippen LogP contribution in [0.5, 0.6) is 0 Å². The Morgan fingerprint density at radius 2 is 2.17 bits per heavy atom. The van der Waals surface area contributed by atoms with Gasteiger partial charge in [0.1, 0.15) is 0 Å². The molecule has 1 rings (SSSR count). The van der Waals surface area contributed by atoms with Crippen LogP contribution >= 0.6 is 11.3 Å². The fraction of sp³-hybridized carbons (Fsp3) is 0.643. The zero-order chi connectivity index (χ0) is 13.5. The average molecular weight is 268 g/mol. The Balaban J connectivity index is 2.44. The summed E-state index contributed by atoms with van der Waals surface area (Å²) in [5, 5.41) is 5.17. The van der Waals surface area contributed by atoms with E-state index in [-0.39, 0.29) is 18.0 Å². The SMILES string of the molecule is CC(N)CCCC(=O)NC(c1cccs1)C(C)C. The highest BCUT2D eigenvalue weighted by molar-refractivity contribution is 7.10. The van der Waals surface area contributed by atoms with Crippen molar-refractivity contribution in [3.05, 3.63) is 22.4 Å². The third-order valence-electron chi connectivity index (χ3n) is 2.90. The van der Waals surface area contributed by atoms with Gasteiger partial charge in [0.15, 0.2) is 0 Å². The third-order valence-corrected chi connectivity index (χ3v) is 3.85. The van der Waals surface area contributed by atoms with Crippen molar-refractivity contribution < 1.29 is 4.79 Å². The van der Waals surface area contributed by atoms with E-state index in [1.165, 1.54) is 4.88 Å². The highest BCUT2D eigenvalue weighted by atomic mass is 32.1. The zero-order valence-electron chi connectivity index (χ0n) is 11.5. The Hall–Kier alpha value is -0.870. The zero-order valence-corrected chi connectivity index (χ0v) is 12.3. The van der Waals surface area contributed by atoms with Crippen LogP contribution in [0.3, 0.4) is 0 Å². The maximum Gasteiger partial charge on any atom is 0.220 e. The summed E-state index contributed by atoms with van der Waals surface area (Å²) in [4.78, 5) is 13.1. The first-order chi connectivity index (χ1) is 8.50. The van der Waals surface area contributed by atoms with E-state index < -0.39 is 0 Å². The minimum atomic E-state index is 0.128. The summed E-state index contributed by atoms with van der Waals surface area (Å²) in [6, 6.07) is 4.42. The van der Waals surface area contributed by atoms with E-state index in [4.69, 9.17) is 5.73 Å². The molecular formula is C14H24N2OS. The monoisotopic (exact) mass is 268 g/mol. The smallest absolute Gasteiger partial charge is 0.220 e. The fourth-order valence-corrected chi connectivity index (χ4v) is 2.81. The topological polar surface area (TPSA) is 55.1 Å². The molecule has 0 fully saturated rings. The second kappa shape index (κ2) is 7.54. The summed E-state index contributed by atoms with van der Waals surface area (Å²) in [7, 11) is 0. The number of amides is 1. The number of hydrogen-bond acceptors (Lipinski definition) is 3. The number of nitrogens with two attached hydrogens (primary N) is 1. The molecule has 0 aromatic carbocycles. The predicted molar refractivity (Wildman–Crippen MR) is 77.5 cm³/mol. The first kappa shape index (κ1) is 15.2. The van der Waals surface area contributed by atoms with Crippen LogP contribution in [0.25, 0.3) is 0 Å². The van der Waals surface area contributed by atoms with Crippen LogP contribution in [0.4, 0.5) is 0 Å². The number of thiophene rings is 1. The van der Waals surface area contributed by atoms with Crippen molar-refractivity contribution in [1.29, 1.82) is 0 Å². The quantitative estimate of drug-likeness (QED) is 0.798. The lowest BCUT2D eigenvalue weighted by Crippen LogP contribution is -2.31. The lowest BCUT2D eigenvalue weighted by Gasteiger charge is -2.21. The predicted octanol–water partition coefficient (Wildman–Crippen LogP) is 3.08. The van der Waals surface area contributed by atoms with Crippen molar-refractivity contribution in [2.24, 2.45) is 11.7 Å². The van der Waals surface area contributed by atoms with Crippen molar-refractivity contribution in [3.63, 3.8) is 0 Å². The van der Waals surface area contributed by atoms with Crippen LogP contribution < -0.4 is 11.1 Å². The van der Waals surface area contributed by atoms with Gasteiger partial charge >= 0.3 is 0 Å². The third kappa shape index (κ3) is 5.19. The molecule has 0 radical (unpaired) electrons. The van der Waals surface area contributed by atoms with E-state index in [2.05, 4.69) is 25.2 Å². The molecular weight excluding hydrogens is 244 g/mol. The second-order valence-electron chi connectivity index (χ2n) is 5.17. The number of carbonyl (C=O) groups is 1. The molecule has 1 heterocycles. The standard InChI is InChI=1S/C14H24N2OS/c1-10(2)14(12-7-5-9-18-12)16-13(17)8-4-6-11(3)15/h5,7,9-11,14H,4,6,8,15H2,1-3H3,(H,16,17). The summed E-state index contributed by atoms with van der Waals surface area (Å²) >= 11 is 1.70. The molecule has 0 aliphatic carbocycles. The normalized spacial score (nSPS) is 14.5. The molecule has 2 unspecified atom stereocenters. The fourth-order valence-electron chi connectivity index (χ4n) is 1.86. The molecule has 1 amide bonds. The number of rotatable bonds is 7. The van der Waals surface area contributed by atoms with Gasteiger partial charge in [-0.25, -0.2) is 0 Å². The number of carbonyl (C=O) groups excluding carboxylic acids is 1. The van der Waals surface area contributed by atoms with Crippen LogP contribution in [-0.2, 0) is 4.79 Å². The molecule has 0 saturated carbocycles. The maximum absolute atomic E-state index is 11.9. The van der Waals surface area contributed by atoms with Crippen molar-refractivity contribution in [3.8, 4) is 0 Å². The molecule has 0 saturated heterocycles. The van der Waals surface area contributed by atoms with Crippen LogP contribution in [0.15, 0.2) is 17.5 Å². The first-order valence-corrected chi connectivity index (χ1v) is 7.47. The van der Waals surface area contributed by atoms with E-state index in [0.29, 0.717) is 12.3 Å². The summed E-state index contributed by atoms with van der Waals surface area (Å²) in [6.45, 7) is 6.24. The lowest BCUT2D eigenvalue weighted by molar-refractivity contribution is -0.122. The molecule has 4 heteroatoms. The first-order valence-electron chi connectivity index (χ1n) is 6.59. The Bertz CT molecular complexity index is 347. The van der Waals surface area contributed by atoms with E-state index in [1.807, 2.05) is 18.4 Å². The molecule has 0 bridgehead atoms. The summed E-state index contributed by atoms with van der Waals surface area (Å²) in [6.07, 6.45) is 2.33. The van der Waals surface area contributed by atoms with E-state index in [1.54, 1.807) is 11.3 Å². The van der Waals surface area contributed by atoms with Crippen molar-refractivity contribution >= 4 is 17.2 Å². The minimum absolute atomic E-state index is 0.128. The van der Waals surface area contributed by atoms with E-state index >= 15 is 0 Å². The summed E-state index contributed by atoms with van der Waals surface area (Å²) in [5.74, 6) is 0.531. The van der Waals surface area contributed by atoms with Crippen LogP contribution in [0.1, 0.15) is 51.0 Å². The molecule has 3 N–H and O–H groups in total. The van der Waals surface area contributed by atoms with Gasteiger partial charge in [0.2, 0.25) is 5.91 Å². The Labute approximate surface area is 114 Å². The molecule has 2 atom stereocenters. The van der Waals surface area contributed by atoms with Gasteiger partial charge < -0.3 is 11.1 Å². The molecule has 18 heavy (non-hydrogen) atoms.